The molecule has 2 heterocycles. The number of carbonyl (C=O) groups excluding carboxylic acids is 1. The van der Waals surface area contributed by atoms with Gasteiger partial charge < -0.3 is 9.64 Å². The van der Waals surface area contributed by atoms with Crippen LogP contribution < -0.4 is 9.46 Å². The number of fused-ring (bicyclic) bond motifs is 2. The molecule has 3 rings (SSSR count). The zero-order valence-electron chi connectivity index (χ0n) is 14.1. The number of nitrogens with one attached hydrogen (secondary N) is 1. The van der Waals surface area contributed by atoms with Gasteiger partial charge in [0.15, 0.2) is 0 Å². The van der Waals surface area contributed by atoms with Gasteiger partial charge in [-0.25, -0.2) is 13.1 Å². The summed E-state index contributed by atoms with van der Waals surface area (Å²) < 4.78 is 33.9. The maximum atomic E-state index is 12.5. The Labute approximate surface area is 143 Å². The van der Waals surface area contributed by atoms with Gasteiger partial charge in [-0.3, -0.25) is 4.79 Å². The average molecular weight is 352 g/mol. The van der Waals surface area contributed by atoms with Gasteiger partial charge >= 0.3 is 0 Å². The Bertz CT molecular complexity index is 717. The van der Waals surface area contributed by atoms with Crippen molar-refractivity contribution in [2.75, 3.05) is 13.1 Å². The summed E-state index contributed by atoms with van der Waals surface area (Å²) in [5.74, 6) is 0.831. The molecule has 0 aromatic heterocycles. The zero-order chi connectivity index (χ0) is 17.3. The van der Waals surface area contributed by atoms with E-state index in [2.05, 4.69) is 4.72 Å². The number of hydrogen-bond donors (Lipinski definition) is 1. The predicted molar refractivity (Wildman–Crippen MR) is 90.2 cm³/mol. The second kappa shape index (κ2) is 6.72. The van der Waals surface area contributed by atoms with Crippen molar-refractivity contribution in [2.24, 2.45) is 5.92 Å². The van der Waals surface area contributed by atoms with Crippen LogP contribution in [0.4, 0.5) is 0 Å². The van der Waals surface area contributed by atoms with Crippen molar-refractivity contribution in [3.63, 3.8) is 0 Å². The molecule has 2 atom stereocenters. The lowest BCUT2D eigenvalue weighted by molar-refractivity contribution is -0.131. The van der Waals surface area contributed by atoms with E-state index >= 15 is 0 Å². The van der Waals surface area contributed by atoms with Crippen molar-refractivity contribution in [3.8, 4) is 5.75 Å². The Morgan fingerprint density at radius 3 is 2.75 bits per heavy atom. The number of para-hydroxylation sites is 1. The molecule has 1 fully saturated rings. The summed E-state index contributed by atoms with van der Waals surface area (Å²) in [6.07, 6.45) is 1.43. The van der Waals surface area contributed by atoms with Crippen molar-refractivity contribution in [1.82, 2.24) is 9.62 Å². The minimum atomic E-state index is -3.60. The molecule has 0 aliphatic carbocycles. The first-order valence-corrected chi connectivity index (χ1v) is 9.91. The third-order valence-corrected chi connectivity index (χ3v) is 6.03. The maximum Gasteiger partial charge on any atom is 0.244 e. The van der Waals surface area contributed by atoms with E-state index in [1.54, 1.807) is 24.3 Å². The molecule has 2 aliphatic rings. The Morgan fingerprint density at radius 2 is 2.00 bits per heavy atom. The third kappa shape index (κ3) is 3.57. The fraction of sp³-hybridized carbons (Fsp3) is 0.588. The monoisotopic (exact) mass is 352 g/mol. The van der Waals surface area contributed by atoms with Gasteiger partial charge in [0.1, 0.15) is 16.7 Å². The van der Waals surface area contributed by atoms with Crippen LogP contribution >= 0.6 is 0 Å². The first-order chi connectivity index (χ1) is 11.4. The molecule has 1 N–H and O–H groups in total. The highest BCUT2D eigenvalue weighted by atomic mass is 32.2. The fourth-order valence-electron chi connectivity index (χ4n) is 3.28. The maximum absolute atomic E-state index is 12.5. The zero-order valence-corrected chi connectivity index (χ0v) is 14.9. The summed E-state index contributed by atoms with van der Waals surface area (Å²) in [5.41, 5.74) is 0. The molecule has 1 saturated heterocycles. The van der Waals surface area contributed by atoms with Gasteiger partial charge in [0, 0.05) is 25.9 Å². The van der Waals surface area contributed by atoms with E-state index in [-0.39, 0.29) is 22.9 Å². The summed E-state index contributed by atoms with van der Waals surface area (Å²) in [6, 6.07) is 6.38. The fourth-order valence-corrected chi connectivity index (χ4v) is 4.71. The Hall–Kier alpha value is -1.60. The number of ether oxygens (including phenoxy) is 1. The second-order valence-electron chi connectivity index (χ2n) is 6.89. The Balaban J connectivity index is 1.80. The van der Waals surface area contributed by atoms with Crippen LogP contribution in [0.3, 0.4) is 0 Å². The number of rotatable bonds is 2. The summed E-state index contributed by atoms with van der Waals surface area (Å²) >= 11 is 0. The molecular formula is C17H24N2O4S. The van der Waals surface area contributed by atoms with Crippen LogP contribution in [-0.4, -0.2) is 44.5 Å². The van der Waals surface area contributed by atoms with E-state index in [9.17, 15) is 13.2 Å². The van der Waals surface area contributed by atoms with Crippen molar-refractivity contribution in [1.29, 1.82) is 0 Å². The molecule has 2 aliphatic heterocycles. The van der Waals surface area contributed by atoms with Gasteiger partial charge in [-0.1, -0.05) is 26.0 Å². The van der Waals surface area contributed by atoms with Crippen molar-refractivity contribution < 1.29 is 17.9 Å². The van der Waals surface area contributed by atoms with E-state index < -0.39 is 10.0 Å². The lowest BCUT2D eigenvalue weighted by Crippen LogP contribution is -2.43. The van der Waals surface area contributed by atoms with Crippen molar-refractivity contribution >= 4 is 15.9 Å². The SMILES string of the molecule is CC(C)CC(=O)N1CC[C@@H]2NS(=O)(=O)c3ccccc3O[C@H]2CC1. The standard InChI is InChI=1S/C17H24N2O4S/c1-12(2)11-17(20)19-9-7-13-14(8-10-19)23-15-5-3-4-6-16(15)24(21,22)18-13/h3-6,12-14,18H,7-11H2,1-2H3/t13-,14-/m0/s1. The molecular weight excluding hydrogens is 328 g/mol. The molecule has 7 heteroatoms. The molecule has 1 aromatic carbocycles. The van der Waals surface area contributed by atoms with Gasteiger partial charge in [-0.05, 0) is 24.5 Å². The molecule has 24 heavy (non-hydrogen) atoms. The number of carbonyl (C=O) groups is 1. The third-order valence-electron chi connectivity index (χ3n) is 4.50. The van der Waals surface area contributed by atoms with Gasteiger partial charge in [0.25, 0.3) is 0 Å². The van der Waals surface area contributed by atoms with Crippen LogP contribution in [-0.2, 0) is 14.8 Å². The van der Waals surface area contributed by atoms with Crippen LogP contribution in [0.5, 0.6) is 5.75 Å². The lowest BCUT2D eigenvalue weighted by atomic mass is 10.1. The van der Waals surface area contributed by atoms with Crippen LogP contribution in [0.15, 0.2) is 29.2 Å². The van der Waals surface area contributed by atoms with Crippen molar-refractivity contribution in [3.05, 3.63) is 24.3 Å². The van der Waals surface area contributed by atoms with Crippen LogP contribution in [0.25, 0.3) is 0 Å². The first-order valence-electron chi connectivity index (χ1n) is 8.42. The van der Waals surface area contributed by atoms with Gasteiger partial charge in [-0.15, -0.1) is 0 Å². The summed E-state index contributed by atoms with van der Waals surface area (Å²) in [5, 5.41) is 0. The largest absolute Gasteiger partial charge is 0.487 e. The van der Waals surface area contributed by atoms with Gasteiger partial charge in [-0.2, -0.15) is 0 Å². The molecule has 0 bridgehead atoms. The first kappa shape index (κ1) is 17.2. The molecule has 1 aromatic rings. The van der Waals surface area contributed by atoms with E-state index in [0.717, 1.165) is 0 Å². The van der Waals surface area contributed by atoms with E-state index in [1.165, 1.54) is 0 Å². The molecule has 6 nitrogen and oxygen atoms in total. The summed E-state index contributed by atoms with van der Waals surface area (Å²) in [7, 11) is -3.60. The predicted octanol–water partition coefficient (Wildman–Crippen LogP) is 1.76. The number of likely N-dealkylation sites (tertiary alicyclic amines) is 1. The molecule has 132 valence electrons. The Morgan fingerprint density at radius 1 is 1.29 bits per heavy atom. The van der Waals surface area contributed by atoms with E-state index in [1.807, 2.05) is 18.7 Å². The molecule has 0 spiro atoms. The van der Waals surface area contributed by atoms with Crippen molar-refractivity contribution in [2.45, 2.75) is 50.2 Å². The Kier molecular flexibility index (Phi) is 4.83. The smallest absolute Gasteiger partial charge is 0.244 e. The van der Waals surface area contributed by atoms with Gasteiger partial charge in [0.05, 0.1) is 6.04 Å². The molecule has 1 amide bonds. The topological polar surface area (TPSA) is 75.7 Å². The normalized spacial score (nSPS) is 25.9. The number of amides is 1. The quantitative estimate of drug-likeness (QED) is 0.880. The van der Waals surface area contributed by atoms with Gasteiger partial charge in [0.2, 0.25) is 15.9 Å². The van der Waals surface area contributed by atoms with E-state index in [4.69, 9.17) is 4.74 Å². The second-order valence-corrected chi connectivity index (χ2v) is 8.57. The average Bonchev–Trinajstić information content (AvgIpc) is 2.75. The van der Waals surface area contributed by atoms with Crippen LogP contribution in [0.2, 0.25) is 0 Å². The highest BCUT2D eigenvalue weighted by Gasteiger charge is 2.37. The lowest BCUT2D eigenvalue weighted by Gasteiger charge is -2.22. The van der Waals surface area contributed by atoms with Crippen LogP contribution in [0.1, 0.15) is 33.1 Å². The number of benzene rings is 1. The highest BCUT2D eigenvalue weighted by molar-refractivity contribution is 7.89. The molecule has 0 unspecified atom stereocenters. The number of nitrogens with zero attached hydrogens (tertiary/aromatic N) is 1. The highest BCUT2D eigenvalue weighted by Crippen LogP contribution is 2.31. The van der Waals surface area contributed by atoms with E-state index in [0.29, 0.717) is 44.0 Å². The minimum Gasteiger partial charge on any atom is -0.487 e. The number of hydrogen-bond acceptors (Lipinski definition) is 4. The van der Waals surface area contributed by atoms with Crippen LogP contribution in [0, 0.1) is 5.92 Å². The number of sulfonamides is 1. The minimum absolute atomic E-state index is 0.129. The summed E-state index contributed by atoms with van der Waals surface area (Å²) in [6.45, 7) is 5.19. The summed E-state index contributed by atoms with van der Waals surface area (Å²) in [4.78, 5) is 14.3. The molecule has 0 saturated carbocycles. The molecule has 0 radical (unpaired) electrons.